The van der Waals surface area contributed by atoms with Gasteiger partial charge in [-0.15, -0.1) is 0 Å². The van der Waals surface area contributed by atoms with Crippen LogP contribution in [-0.4, -0.2) is 25.0 Å². The Labute approximate surface area is 108 Å². The van der Waals surface area contributed by atoms with Crippen LogP contribution in [0.25, 0.3) is 0 Å². The number of nitrogens with one attached hydrogen (secondary N) is 1. The highest BCUT2D eigenvalue weighted by Gasteiger charge is 2.21. The zero-order valence-electron chi connectivity index (χ0n) is 9.66. The highest BCUT2D eigenvalue weighted by atomic mass is 79.9. The first-order valence-electron chi connectivity index (χ1n) is 5.21. The van der Waals surface area contributed by atoms with E-state index in [9.17, 15) is 9.59 Å². The molecule has 6 heteroatoms. The Hall–Kier alpha value is -1.30. The van der Waals surface area contributed by atoms with Gasteiger partial charge in [-0.25, -0.2) is 4.79 Å². The van der Waals surface area contributed by atoms with Crippen molar-refractivity contribution in [3.8, 4) is 0 Å². The molecule has 0 aliphatic rings. The average Bonchev–Trinajstić information content (AvgIpc) is 2.74. The van der Waals surface area contributed by atoms with Crippen molar-refractivity contribution in [2.75, 3.05) is 7.11 Å². The number of furan rings is 1. The molecular formula is C11H14BrNO4. The summed E-state index contributed by atoms with van der Waals surface area (Å²) in [5, 5.41) is 2.60. The summed E-state index contributed by atoms with van der Waals surface area (Å²) in [6.45, 7) is 1.93. The lowest BCUT2D eigenvalue weighted by Crippen LogP contribution is -2.41. The fourth-order valence-electron chi connectivity index (χ4n) is 1.35. The number of carbonyl (C=O) groups is 2. The van der Waals surface area contributed by atoms with E-state index in [1.165, 1.54) is 19.4 Å². The number of esters is 1. The topological polar surface area (TPSA) is 68.5 Å². The molecule has 1 rings (SSSR count). The van der Waals surface area contributed by atoms with Crippen LogP contribution in [0, 0.1) is 0 Å². The summed E-state index contributed by atoms with van der Waals surface area (Å²) < 4.78 is 10.0. The molecular weight excluding hydrogens is 290 g/mol. The number of rotatable bonds is 5. The van der Waals surface area contributed by atoms with Gasteiger partial charge >= 0.3 is 5.97 Å². The van der Waals surface area contributed by atoms with Crippen LogP contribution in [0.1, 0.15) is 30.1 Å². The van der Waals surface area contributed by atoms with E-state index in [-0.39, 0.29) is 5.91 Å². The summed E-state index contributed by atoms with van der Waals surface area (Å²) in [6, 6.07) is 0.918. The predicted octanol–water partition coefficient (Wildman–Crippen LogP) is 2.11. The van der Waals surface area contributed by atoms with E-state index in [1.807, 2.05) is 6.92 Å². The van der Waals surface area contributed by atoms with Crippen molar-refractivity contribution < 1.29 is 18.7 Å². The van der Waals surface area contributed by atoms with Gasteiger partial charge in [0.25, 0.3) is 5.91 Å². The standard InChI is InChI=1S/C11H14BrNO4/c1-3-4-8(11(15)16-2)13-10(14)7-5-9(12)17-6-7/h5-6,8H,3-4H2,1-2H3,(H,13,14). The van der Waals surface area contributed by atoms with E-state index in [2.05, 4.69) is 26.0 Å². The number of carbonyl (C=O) groups excluding carboxylic acids is 2. The molecule has 0 radical (unpaired) electrons. The lowest BCUT2D eigenvalue weighted by atomic mass is 10.1. The molecule has 0 aliphatic heterocycles. The minimum absolute atomic E-state index is 0.358. The smallest absolute Gasteiger partial charge is 0.328 e. The molecule has 0 aromatic carbocycles. The summed E-state index contributed by atoms with van der Waals surface area (Å²) in [4.78, 5) is 23.2. The lowest BCUT2D eigenvalue weighted by molar-refractivity contribution is -0.143. The van der Waals surface area contributed by atoms with Crippen molar-refractivity contribution in [3.63, 3.8) is 0 Å². The summed E-state index contributed by atoms with van der Waals surface area (Å²) >= 11 is 3.10. The highest BCUT2D eigenvalue weighted by molar-refractivity contribution is 9.10. The summed E-state index contributed by atoms with van der Waals surface area (Å²) in [6.07, 6.45) is 2.63. The molecule has 94 valence electrons. The molecule has 1 heterocycles. The Morgan fingerprint density at radius 1 is 1.59 bits per heavy atom. The van der Waals surface area contributed by atoms with Gasteiger partial charge in [-0.05, 0) is 22.4 Å². The largest absolute Gasteiger partial charge is 0.467 e. The molecule has 5 nitrogen and oxygen atoms in total. The van der Waals surface area contributed by atoms with Crippen LogP contribution in [0.2, 0.25) is 0 Å². The Kier molecular flexibility index (Phi) is 5.21. The van der Waals surface area contributed by atoms with Gasteiger partial charge in [-0.2, -0.15) is 0 Å². The van der Waals surface area contributed by atoms with Crippen LogP contribution in [-0.2, 0) is 9.53 Å². The van der Waals surface area contributed by atoms with Gasteiger partial charge in [0.15, 0.2) is 4.67 Å². The second-order valence-electron chi connectivity index (χ2n) is 3.48. The van der Waals surface area contributed by atoms with Crippen LogP contribution >= 0.6 is 15.9 Å². The molecule has 0 aliphatic carbocycles. The molecule has 1 unspecified atom stereocenters. The minimum atomic E-state index is -0.619. The molecule has 0 spiro atoms. The third-order valence-electron chi connectivity index (χ3n) is 2.20. The van der Waals surface area contributed by atoms with Crippen LogP contribution in [0.15, 0.2) is 21.4 Å². The van der Waals surface area contributed by atoms with E-state index >= 15 is 0 Å². The Balaban J connectivity index is 2.67. The molecule has 1 aromatic heterocycles. The van der Waals surface area contributed by atoms with E-state index in [1.54, 1.807) is 0 Å². The van der Waals surface area contributed by atoms with Gasteiger partial charge in [0.2, 0.25) is 0 Å². The second kappa shape index (κ2) is 6.44. The number of methoxy groups -OCH3 is 1. The van der Waals surface area contributed by atoms with Crippen molar-refractivity contribution in [1.82, 2.24) is 5.32 Å². The number of hydrogen-bond donors (Lipinski definition) is 1. The first kappa shape index (κ1) is 13.8. The molecule has 0 fully saturated rings. The Bertz CT molecular complexity index is 402. The maximum atomic E-state index is 11.8. The third-order valence-corrected chi connectivity index (χ3v) is 2.61. The fraction of sp³-hybridized carbons (Fsp3) is 0.455. The maximum absolute atomic E-state index is 11.8. The van der Waals surface area contributed by atoms with Crippen molar-refractivity contribution in [2.24, 2.45) is 0 Å². The SMILES string of the molecule is CCCC(NC(=O)c1coc(Br)c1)C(=O)OC. The van der Waals surface area contributed by atoms with Crippen molar-refractivity contribution >= 4 is 27.8 Å². The average molecular weight is 304 g/mol. The van der Waals surface area contributed by atoms with Crippen LogP contribution in [0.4, 0.5) is 0 Å². The first-order valence-corrected chi connectivity index (χ1v) is 6.00. The molecule has 1 aromatic rings. The summed E-state index contributed by atoms with van der Waals surface area (Å²) in [7, 11) is 1.30. The Morgan fingerprint density at radius 3 is 2.76 bits per heavy atom. The fourth-order valence-corrected chi connectivity index (χ4v) is 1.69. The number of halogens is 1. The van der Waals surface area contributed by atoms with E-state index in [4.69, 9.17) is 4.42 Å². The van der Waals surface area contributed by atoms with E-state index < -0.39 is 12.0 Å². The number of ether oxygens (including phenoxy) is 1. The summed E-state index contributed by atoms with van der Waals surface area (Å²) in [5.41, 5.74) is 0.363. The monoisotopic (exact) mass is 303 g/mol. The molecule has 0 bridgehead atoms. The molecule has 1 atom stereocenters. The van der Waals surface area contributed by atoms with E-state index in [0.717, 1.165) is 6.42 Å². The van der Waals surface area contributed by atoms with Crippen molar-refractivity contribution in [1.29, 1.82) is 0 Å². The molecule has 0 saturated heterocycles. The van der Waals surface area contributed by atoms with Gasteiger partial charge in [0.05, 0.1) is 12.7 Å². The quantitative estimate of drug-likeness (QED) is 0.846. The van der Waals surface area contributed by atoms with Crippen molar-refractivity contribution in [3.05, 3.63) is 22.6 Å². The molecule has 0 saturated carbocycles. The highest BCUT2D eigenvalue weighted by Crippen LogP contribution is 2.14. The van der Waals surface area contributed by atoms with Gasteiger partial charge in [-0.1, -0.05) is 13.3 Å². The lowest BCUT2D eigenvalue weighted by Gasteiger charge is -2.14. The first-order chi connectivity index (χ1) is 8.08. The van der Waals surface area contributed by atoms with Crippen LogP contribution in [0.5, 0.6) is 0 Å². The van der Waals surface area contributed by atoms with Crippen LogP contribution < -0.4 is 5.32 Å². The predicted molar refractivity (Wildman–Crippen MR) is 64.6 cm³/mol. The molecule has 1 amide bonds. The van der Waals surface area contributed by atoms with Crippen LogP contribution in [0.3, 0.4) is 0 Å². The second-order valence-corrected chi connectivity index (χ2v) is 4.26. The Morgan fingerprint density at radius 2 is 2.29 bits per heavy atom. The summed E-state index contributed by atoms with van der Waals surface area (Å²) in [5.74, 6) is -0.800. The third kappa shape index (κ3) is 3.89. The zero-order valence-corrected chi connectivity index (χ0v) is 11.2. The van der Waals surface area contributed by atoms with Crippen molar-refractivity contribution in [2.45, 2.75) is 25.8 Å². The number of hydrogen-bond acceptors (Lipinski definition) is 4. The van der Waals surface area contributed by atoms with Gasteiger partial charge in [-0.3, -0.25) is 4.79 Å². The number of amides is 1. The molecule has 1 N–H and O–H groups in total. The van der Waals surface area contributed by atoms with Gasteiger partial charge in [0.1, 0.15) is 12.3 Å². The van der Waals surface area contributed by atoms with Gasteiger partial charge < -0.3 is 14.5 Å². The normalized spacial score (nSPS) is 11.9. The zero-order chi connectivity index (χ0) is 12.8. The van der Waals surface area contributed by atoms with Gasteiger partial charge in [0, 0.05) is 6.07 Å². The minimum Gasteiger partial charge on any atom is -0.467 e. The maximum Gasteiger partial charge on any atom is 0.328 e. The molecule has 17 heavy (non-hydrogen) atoms. The van der Waals surface area contributed by atoms with E-state index in [0.29, 0.717) is 16.7 Å².